The predicted octanol–water partition coefficient (Wildman–Crippen LogP) is 2.42. The summed E-state index contributed by atoms with van der Waals surface area (Å²) in [4.78, 5) is 11.5. The van der Waals surface area contributed by atoms with E-state index in [2.05, 4.69) is 5.32 Å². The van der Waals surface area contributed by atoms with Crippen molar-refractivity contribution in [2.75, 3.05) is 6.54 Å². The van der Waals surface area contributed by atoms with E-state index in [1.807, 2.05) is 34.6 Å². The van der Waals surface area contributed by atoms with Crippen molar-refractivity contribution in [3.63, 3.8) is 0 Å². The molecule has 0 aromatic rings. The van der Waals surface area contributed by atoms with E-state index in [-0.39, 0.29) is 11.6 Å². The van der Waals surface area contributed by atoms with E-state index < -0.39 is 5.60 Å². The normalized spacial score (nSPS) is 12.4. The lowest BCUT2D eigenvalue weighted by atomic mass is 9.97. The minimum atomic E-state index is -0.447. The van der Waals surface area contributed by atoms with Crippen LogP contribution in [0.2, 0.25) is 0 Å². The number of nitrogens with one attached hydrogen (secondary N) is 1. The SMILES string of the molecule is CC(C)(CCCCN)NC(=O)OC(C)(C)C. The number of hydrogen-bond acceptors (Lipinski definition) is 3. The van der Waals surface area contributed by atoms with Crippen molar-refractivity contribution in [1.82, 2.24) is 5.32 Å². The van der Waals surface area contributed by atoms with Gasteiger partial charge in [0.05, 0.1) is 0 Å². The van der Waals surface area contributed by atoms with Crippen molar-refractivity contribution in [2.45, 2.75) is 65.0 Å². The Bertz CT molecular complexity index is 220. The monoisotopic (exact) mass is 230 g/mol. The van der Waals surface area contributed by atoms with Gasteiger partial charge < -0.3 is 15.8 Å². The van der Waals surface area contributed by atoms with Crippen molar-refractivity contribution < 1.29 is 9.53 Å². The molecule has 4 nitrogen and oxygen atoms in total. The van der Waals surface area contributed by atoms with E-state index >= 15 is 0 Å². The van der Waals surface area contributed by atoms with Crippen LogP contribution in [-0.2, 0) is 4.74 Å². The second-order valence-electron chi connectivity index (χ2n) is 5.76. The molecule has 0 saturated heterocycles. The number of carbonyl (C=O) groups excluding carboxylic acids is 1. The van der Waals surface area contributed by atoms with Gasteiger partial charge in [0.2, 0.25) is 0 Å². The van der Waals surface area contributed by atoms with Gasteiger partial charge in [-0.3, -0.25) is 0 Å². The third kappa shape index (κ3) is 8.53. The number of unbranched alkanes of at least 4 members (excludes halogenated alkanes) is 1. The Morgan fingerprint density at radius 1 is 1.19 bits per heavy atom. The first-order chi connectivity index (χ1) is 7.16. The summed E-state index contributed by atoms with van der Waals surface area (Å²) >= 11 is 0. The summed E-state index contributed by atoms with van der Waals surface area (Å²) in [5, 5.41) is 2.87. The van der Waals surface area contributed by atoms with Gasteiger partial charge in [-0.25, -0.2) is 4.79 Å². The standard InChI is InChI=1S/C12H26N2O2/c1-11(2,3)16-10(15)14-12(4,5)8-6-7-9-13/h6-9,13H2,1-5H3,(H,14,15). The molecule has 0 aromatic heterocycles. The largest absolute Gasteiger partial charge is 0.444 e. The van der Waals surface area contributed by atoms with Crippen LogP contribution in [0.15, 0.2) is 0 Å². The lowest BCUT2D eigenvalue weighted by molar-refractivity contribution is 0.0467. The maximum Gasteiger partial charge on any atom is 0.408 e. The maximum atomic E-state index is 11.5. The Kier molecular flexibility index (Phi) is 5.79. The van der Waals surface area contributed by atoms with Gasteiger partial charge >= 0.3 is 6.09 Å². The minimum Gasteiger partial charge on any atom is -0.444 e. The van der Waals surface area contributed by atoms with Gasteiger partial charge in [-0.05, 0) is 60.4 Å². The lowest BCUT2D eigenvalue weighted by Crippen LogP contribution is -2.45. The molecule has 16 heavy (non-hydrogen) atoms. The third-order valence-electron chi connectivity index (χ3n) is 2.10. The molecule has 0 aliphatic carbocycles. The van der Waals surface area contributed by atoms with Crippen molar-refractivity contribution in [3.05, 3.63) is 0 Å². The average Bonchev–Trinajstić information content (AvgIpc) is 1.98. The summed E-state index contributed by atoms with van der Waals surface area (Å²) in [7, 11) is 0. The van der Waals surface area contributed by atoms with E-state index in [0.29, 0.717) is 6.54 Å². The van der Waals surface area contributed by atoms with Gasteiger partial charge in [0.15, 0.2) is 0 Å². The van der Waals surface area contributed by atoms with Gasteiger partial charge in [-0.1, -0.05) is 0 Å². The Labute approximate surface area is 98.9 Å². The average molecular weight is 230 g/mol. The molecule has 0 radical (unpaired) electrons. The van der Waals surface area contributed by atoms with E-state index in [0.717, 1.165) is 19.3 Å². The van der Waals surface area contributed by atoms with Crippen LogP contribution >= 0.6 is 0 Å². The molecule has 0 spiro atoms. The molecule has 0 aromatic carbocycles. The molecule has 0 unspecified atom stereocenters. The van der Waals surface area contributed by atoms with Crippen LogP contribution < -0.4 is 11.1 Å². The number of hydrogen-bond donors (Lipinski definition) is 2. The lowest BCUT2D eigenvalue weighted by Gasteiger charge is -2.28. The fourth-order valence-electron chi connectivity index (χ4n) is 1.35. The van der Waals surface area contributed by atoms with Crippen LogP contribution in [0.1, 0.15) is 53.9 Å². The van der Waals surface area contributed by atoms with Crippen molar-refractivity contribution in [3.8, 4) is 0 Å². The molecule has 1 amide bonds. The Balaban J connectivity index is 4.00. The zero-order valence-electron chi connectivity index (χ0n) is 11.2. The van der Waals surface area contributed by atoms with Gasteiger partial charge in [0, 0.05) is 5.54 Å². The van der Waals surface area contributed by atoms with Gasteiger partial charge in [0.1, 0.15) is 5.60 Å². The Hall–Kier alpha value is -0.770. The first-order valence-electron chi connectivity index (χ1n) is 5.87. The van der Waals surface area contributed by atoms with Crippen LogP contribution in [0.4, 0.5) is 4.79 Å². The number of alkyl carbamates (subject to hydrolysis) is 1. The number of ether oxygens (including phenoxy) is 1. The number of amides is 1. The Morgan fingerprint density at radius 3 is 2.19 bits per heavy atom. The van der Waals surface area contributed by atoms with Crippen LogP contribution in [0.3, 0.4) is 0 Å². The third-order valence-corrected chi connectivity index (χ3v) is 2.10. The Morgan fingerprint density at radius 2 is 1.75 bits per heavy atom. The molecular formula is C12H26N2O2. The van der Waals surface area contributed by atoms with Gasteiger partial charge in [0.25, 0.3) is 0 Å². The van der Waals surface area contributed by atoms with Crippen LogP contribution in [0, 0.1) is 0 Å². The smallest absolute Gasteiger partial charge is 0.408 e. The highest BCUT2D eigenvalue weighted by atomic mass is 16.6. The second kappa shape index (κ2) is 6.09. The molecule has 0 fully saturated rings. The zero-order chi connectivity index (χ0) is 12.8. The zero-order valence-corrected chi connectivity index (χ0v) is 11.2. The number of carbonyl (C=O) groups is 1. The molecule has 0 aliphatic rings. The number of nitrogens with two attached hydrogens (primary N) is 1. The predicted molar refractivity (Wildman–Crippen MR) is 66.4 cm³/mol. The highest BCUT2D eigenvalue weighted by Gasteiger charge is 2.23. The summed E-state index contributed by atoms with van der Waals surface area (Å²) in [6, 6.07) is 0. The fraction of sp³-hybridized carbons (Fsp3) is 0.917. The molecule has 0 heterocycles. The molecule has 96 valence electrons. The van der Waals surface area contributed by atoms with Crippen LogP contribution in [0.5, 0.6) is 0 Å². The molecular weight excluding hydrogens is 204 g/mol. The number of rotatable bonds is 5. The topological polar surface area (TPSA) is 64.3 Å². The summed E-state index contributed by atoms with van der Waals surface area (Å²) in [6.45, 7) is 10.2. The maximum absolute atomic E-state index is 11.5. The van der Waals surface area contributed by atoms with Crippen molar-refractivity contribution in [2.24, 2.45) is 5.73 Å². The summed E-state index contributed by atoms with van der Waals surface area (Å²) < 4.78 is 5.21. The molecule has 4 heteroatoms. The first kappa shape index (κ1) is 15.2. The first-order valence-corrected chi connectivity index (χ1v) is 5.87. The van der Waals surface area contributed by atoms with E-state index in [1.54, 1.807) is 0 Å². The van der Waals surface area contributed by atoms with Gasteiger partial charge in [-0.15, -0.1) is 0 Å². The highest BCUT2D eigenvalue weighted by Crippen LogP contribution is 2.14. The summed E-state index contributed by atoms with van der Waals surface area (Å²) in [6.07, 6.45) is 2.55. The fourth-order valence-corrected chi connectivity index (χ4v) is 1.35. The molecule has 0 bridgehead atoms. The highest BCUT2D eigenvalue weighted by molar-refractivity contribution is 5.68. The van der Waals surface area contributed by atoms with Gasteiger partial charge in [-0.2, -0.15) is 0 Å². The van der Waals surface area contributed by atoms with Crippen LogP contribution in [-0.4, -0.2) is 23.8 Å². The molecule has 0 saturated carbocycles. The van der Waals surface area contributed by atoms with E-state index in [9.17, 15) is 4.79 Å². The van der Waals surface area contributed by atoms with E-state index in [1.165, 1.54) is 0 Å². The quantitative estimate of drug-likeness (QED) is 0.713. The molecule has 3 N–H and O–H groups in total. The summed E-state index contributed by atoms with van der Waals surface area (Å²) in [5.74, 6) is 0. The van der Waals surface area contributed by atoms with Crippen molar-refractivity contribution >= 4 is 6.09 Å². The van der Waals surface area contributed by atoms with E-state index in [4.69, 9.17) is 10.5 Å². The van der Waals surface area contributed by atoms with Crippen molar-refractivity contribution in [1.29, 1.82) is 0 Å². The molecule has 0 aliphatic heterocycles. The van der Waals surface area contributed by atoms with Crippen LogP contribution in [0.25, 0.3) is 0 Å². The second-order valence-corrected chi connectivity index (χ2v) is 5.76. The molecule has 0 rings (SSSR count). The minimum absolute atomic E-state index is 0.239. The molecule has 0 atom stereocenters. The summed E-state index contributed by atoms with van der Waals surface area (Å²) in [5.41, 5.74) is 4.74.